The highest BCUT2D eigenvalue weighted by atomic mass is 16.7. The average molecular weight is 1140 g/mol. The molecule has 1 aliphatic heterocycles. The highest BCUT2D eigenvalue weighted by Crippen LogP contribution is 2.26. The van der Waals surface area contributed by atoms with E-state index in [4.69, 9.17) is 14.2 Å². The lowest BCUT2D eigenvalue weighted by atomic mass is 9.99. The van der Waals surface area contributed by atoms with E-state index in [9.17, 15) is 35.1 Å². The Bertz CT molecular complexity index is 1640. The van der Waals surface area contributed by atoms with Crippen LogP contribution in [0, 0.1) is 0 Å². The van der Waals surface area contributed by atoms with Crippen LogP contribution in [0.15, 0.2) is 85.1 Å². The Hall–Kier alpha value is -3.16. The highest BCUT2D eigenvalue weighted by Gasteiger charge is 2.47. The second kappa shape index (κ2) is 57.3. The van der Waals surface area contributed by atoms with Gasteiger partial charge in [-0.05, 0) is 57.8 Å². The summed E-state index contributed by atoms with van der Waals surface area (Å²) in [4.78, 5) is 26.6. The molecule has 468 valence electrons. The van der Waals surface area contributed by atoms with Gasteiger partial charge in [-0.3, -0.25) is 9.59 Å². The summed E-state index contributed by atoms with van der Waals surface area (Å²) in [6, 6.07) is -1.07. The fourth-order valence-electron chi connectivity index (χ4n) is 10.1. The third-order valence-corrected chi connectivity index (χ3v) is 15.3. The molecule has 0 aromatic heterocycles. The zero-order valence-corrected chi connectivity index (χ0v) is 51.9. The Kier molecular flexibility index (Phi) is 53.6. The zero-order valence-electron chi connectivity index (χ0n) is 51.9. The first-order valence-electron chi connectivity index (χ1n) is 33.4. The molecular formula is C70H123NO10. The summed E-state index contributed by atoms with van der Waals surface area (Å²) in [5.74, 6) is -1.28. The number of aliphatic hydroxyl groups is 5. The van der Waals surface area contributed by atoms with Crippen molar-refractivity contribution in [3.05, 3.63) is 85.1 Å². The van der Waals surface area contributed by atoms with Crippen molar-refractivity contribution in [3.63, 3.8) is 0 Å². The molecule has 1 rings (SSSR count). The number of rotatable bonds is 56. The van der Waals surface area contributed by atoms with E-state index in [1.807, 2.05) is 18.2 Å². The van der Waals surface area contributed by atoms with Crippen LogP contribution in [0.4, 0.5) is 0 Å². The number of nitrogens with one attached hydrogen (secondary N) is 1. The number of hydrogen-bond donors (Lipinski definition) is 6. The van der Waals surface area contributed by atoms with E-state index >= 15 is 0 Å². The molecule has 1 heterocycles. The molecule has 0 radical (unpaired) electrons. The first-order chi connectivity index (χ1) is 39.7. The van der Waals surface area contributed by atoms with E-state index < -0.39 is 67.4 Å². The Labute approximate surface area is 495 Å². The number of aliphatic hydroxyl groups excluding tert-OH is 5. The van der Waals surface area contributed by atoms with Crippen molar-refractivity contribution in [3.8, 4) is 0 Å². The van der Waals surface area contributed by atoms with Crippen LogP contribution in [0.3, 0.4) is 0 Å². The maximum atomic E-state index is 13.4. The first kappa shape index (κ1) is 75.9. The maximum Gasteiger partial charge on any atom is 0.306 e. The van der Waals surface area contributed by atoms with Gasteiger partial charge in [-0.1, -0.05) is 298 Å². The van der Waals surface area contributed by atoms with Gasteiger partial charge in [-0.15, -0.1) is 0 Å². The lowest BCUT2D eigenvalue weighted by molar-refractivity contribution is -0.305. The predicted octanol–water partition coefficient (Wildman–Crippen LogP) is 16.5. The van der Waals surface area contributed by atoms with E-state index in [0.29, 0.717) is 12.8 Å². The molecule has 11 heteroatoms. The third-order valence-electron chi connectivity index (χ3n) is 15.3. The van der Waals surface area contributed by atoms with Crippen LogP contribution in [-0.4, -0.2) is 99.6 Å². The van der Waals surface area contributed by atoms with E-state index in [0.717, 1.165) is 77.0 Å². The smallest absolute Gasteiger partial charge is 0.306 e. The monoisotopic (exact) mass is 1140 g/mol. The van der Waals surface area contributed by atoms with Crippen molar-refractivity contribution >= 4 is 11.9 Å². The van der Waals surface area contributed by atoms with Gasteiger partial charge in [0.05, 0.1) is 25.4 Å². The lowest BCUT2D eigenvalue weighted by Crippen LogP contribution is -2.61. The molecule has 11 nitrogen and oxygen atoms in total. The number of amides is 1. The molecule has 0 aromatic rings. The molecule has 1 aliphatic rings. The highest BCUT2D eigenvalue weighted by molar-refractivity contribution is 5.81. The van der Waals surface area contributed by atoms with Gasteiger partial charge in [-0.25, -0.2) is 0 Å². The quantitative estimate of drug-likeness (QED) is 0.0195. The van der Waals surface area contributed by atoms with Gasteiger partial charge in [-0.2, -0.15) is 0 Å². The summed E-state index contributed by atoms with van der Waals surface area (Å²) in [5, 5.41) is 57.0. The van der Waals surface area contributed by atoms with Crippen LogP contribution in [0.1, 0.15) is 284 Å². The number of allylic oxidation sites excluding steroid dienone is 12. The summed E-state index contributed by atoms with van der Waals surface area (Å²) < 4.78 is 17.6. The molecule has 1 saturated heterocycles. The van der Waals surface area contributed by atoms with E-state index in [1.54, 1.807) is 12.2 Å². The fraction of sp³-hybridized carbons (Fsp3) is 0.771. The van der Waals surface area contributed by atoms with Gasteiger partial charge in [0.1, 0.15) is 24.4 Å². The van der Waals surface area contributed by atoms with E-state index in [-0.39, 0.29) is 19.4 Å². The molecule has 8 atom stereocenters. The van der Waals surface area contributed by atoms with Crippen LogP contribution in [-0.2, 0) is 23.8 Å². The first-order valence-corrected chi connectivity index (χ1v) is 33.4. The molecule has 8 unspecified atom stereocenters. The molecule has 0 aromatic carbocycles. The van der Waals surface area contributed by atoms with Crippen LogP contribution < -0.4 is 5.32 Å². The van der Waals surface area contributed by atoms with Crippen molar-refractivity contribution < 1.29 is 49.3 Å². The molecule has 1 amide bonds. The van der Waals surface area contributed by atoms with Crippen LogP contribution in [0.5, 0.6) is 0 Å². The molecule has 0 saturated carbocycles. The number of hydrogen-bond acceptors (Lipinski definition) is 10. The number of unbranched alkanes of at least 4 members (excludes halogenated alkanes) is 31. The molecule has 6 N–H and O–H groups in total. The Balaban J connectivity index is 2.68. The third kappa shape index (κ3) is 45.0. The number of ether oxygens (including phenoxy) is 3. The van der Waals surface area contributed by atoms with Crippen molar-refractivity contribution in [2.75, 3.05) is 13.2 Å². The molecule has 0 spiro atoms. The number of esters is 1. The van der Waals surface area contributed by atoms with Crippen molar-refractivity contribution in [1.82, 2.24) is 5.32 Å². The SMILES string of the molecule is CC/C=C\C/C=C\C/C=C\C/C=C\C/C=C\C/C=C\CC(O)C(=O)NC(COC1OC(CO)C(O)C(O)C1OC(=O)CCCCCCCCCCCCCCCCCCCCCCC)C(O)/C=C/CCCCCCCCCCCCC. The molecule has 81 heavy (non-hydrogen) atoms. The minimum atomic E-state index is -1.63. The van der Waals surface area contributed by atoms with E-state index in [2.05, 4.69) is 80.8 Å². The molecule has 1 fully saturated rings. The minimum Gasteiger partial charge on any atom is -0.454 e. The summed E-state index contributed by atoms with van der Waals surface area (Å²) in [6.45, 7) is 5.66. The molecule has 0 bridgehead atoms. The Morgan fingerprint density at radius 2 is 0.877 bits per heavy atom. The topological polar surface area (TPSA) is 175 Å². The van der Waals surface area contributed by atoms with Crippen LogP contribution in [0.25, 0.3) is 0 Å². The fourth-order valence-corrected chi connectivity index (χ4v) is 10.1. The Morgan fingerprint density at radius 1 is 0.494 bits per heavy atom. The number of carbonyl (C=O) groups excluding carboxylic acids is 2. The normalized spacial score (nSPS) is 19.2. The van der Waals surface area contributed by atoms with Gasteiger partial charge < -0.3 is 45.1 Å². The molecular weight excluding hydrogens is 1010 g/mol. The van der Waals surface area contributed by atoms with Gasteiger partial charge in [0.2, 0.25) is 5.91 Å². The summed E-state index contributed by atoms with van der Waals surface area (Å²) in [6.07, 6.45) is 65.0. The van der Waals surface area contributed by atoms with Gasteiger partial charge in [0.25, 0.3) is 0 Å². The second-order valence-electron chi connectivity index (χ2n) is 22.8. The van der Waals surface area contributed by atoms with Gasteiger partial charge in [0.15, 0.2) is 12.4 Å². The number of carbonyl (C=O) groups is 2. The second-order valence-corrected chi connectivity index (χ2v) is 22.8. The Morgan fingerprint density at radius 3 is 1.28 bits per heavy atom. The maximum absolute atomic E-state index is 13.4. The van der Waals surface area contributed by atoms with Crippen molar-refractivity contribution in [2.45, 2.75) is 333 Å². The van der Waals surface area contributed by atoms with Crippen molar-refractivity contribution in [2.24, 2.45) is 0 Å². The predicted molar refractivity (Wildman–Crippen MR) is 338 cm³/mol. The van der Waals surface area contributed by atoms with Gasteiger partial charge >= 0.3 is 5.97 Å². The standard InChI is InChI=1S/C70H123NO10/c1-4-7-10-13-16-19-22-25-27-29-31-32-33-35-37-40-43-46-49-52-55-58-65(75)81-68-67(77)66(76)64(59-72)80-70(68)79-60-61(62(73)56-53-50-47-44-41-38-24-21-18-15-12-9-6-3)71-69(78)63(74)57-54-51-48-45-42-39-36-34-30-28-26-23-20-17-14-11-8-5-2/h8,11,17,20,26,28,34,36,42,45,51,53-54,56,61-64,66-68,70,72-74,76-77H,4-7,9-10,12-16,18-19,21-25,27,29-33,35,37-41,43-44,46-50,52,55,57-60H2,1-3H3,(H,71,78)/b11-8-,20-17-,28-26-,36-34-,45-42-,54-51-,56-53+. The average Bonchev–Trinajstić information content (AvgIpc) is 3.46. The van der Waals surface area contributed by atoms with Crippen molar-refractivity contribution in [1.29, 1.82) is 0 Å². The summed E-state index contributed by atoms with van der Waals surface area (Å²) >= 11 is 0. The molecule has 0 aliphatic carbocycles. The van der Waals surface area contributed by atoms with E-state index in [1.165, 1.54) is 161 Å². The summed E-state index contributed by atoms with van der Waals surface area (Å²) in [5.41, 5.74) is 0. The van der Waals surface area contributed by atoms with Crippen LogP contribution in [0.2, 0.25) is 0 Å². The van der Waals surface area contributed by atoms with Crippen LogP contribution >= 0.6 is 0 Å². The summed E-state index contributed by atoms with van der Waals surface area (Å²) in [7, 11) is 0. The minimum absolute atomic E-state index is 0.0560. The largest absolute Gasteiger partial charge is 0.454 e. The van der Waals surface area contributed by atoms with Gasteiger partial charge in [0, 0.05) is 12.8 Å². The zero-order chi connectivity index (χ0) is 58.9. The lowest BCUT2D eigenvalue weighted by Gasteiger charge is -2.41.